The van der Waals surface area contributed by atoms with Crippen LogP contribution in [0.4, 0.5) is 4.39 Å². The third-order valence-corrected chi connectivity index (χ3v) is 1.69. The van der Waals surface area contributed by atoms with E-state index < -0.39 is 5.82 Å². The molecule has 0 amide bonds. The van der Waals surface area contributed by atoms with Gasteiger partial charge in [0.2, 0.25) is 5.88 Å². The second kappa shape index (κ2) is 3.98. The van der Waals surface area contributed by atoms with Crippen molar-refractivity contribution in [1.29, 1.82) is 5.41 Å². The molecule has 1 aromatic rings. The van der Waals surface area contributed by atoms with Crippen LogP contribution in [0, 0.1) is 11.2 Å². The maximum atomic E-state index is 12.8. The van der Waals surface area contributed by atoms with Crippen LogP contribution in [0.15, 0.2) is 12.3 Å². The maximum Gasteiger partial charge on any atom is 0.222 e. The number of rotatable bonds is 3. The summed E-state index contributed by atoms with van der Waals surface area (Å²) < 4.78 is 17.7. The summed E-state index contributed by atoms with van der Waals surface area (Å²) in [5.41, 5.74) is 0.744. The molecule has 1 aromatic heterocycles. The van der Waals surface area contributed by atoms with Crippen molar-refractivity contribution in [3.8, 4) is 5.88 Å². The fourth-order valence-electron chi connectivity index (χ4n) is 0.996. The monoisotopic (exact) mass is 182 g/mol. The van der Waals surface area contributed by atoms with E-state index in [9.17, 15) is 4.39 Å². The number of nitrogens with one attached hydrogen (secondary N) is 1. The minimum atomic E-state index is -0.450. The van der Waals surface area contributed by atoms with Gasteiger partial charge >= 0.3 is 0 Å². The van der Waals surface area contributed by atoms with Crippen LogP contribution in [0.25, 0.3) is 0 Å². The highest BCUT2D eigenvalue weighted by molar-refractivity contribution is 5.99. The second-order valence-corrected chi connectivity index (χ2v) is 2.54. The Morgan fingerprint density at radius 1 is 1.69 bits per heavy atom. The first-order chi connectivity index (χ1) is 6.19. The molecular formula is C9H11FN2O. The molecule has 1 N–H and O–H groups in total. The quantitative estimate of drug-likeness (QED) is 0.727. The lowest BCUT2D eigenvalue weighted by atomic mass is 10.1. The number of methoxy groups -OCH3 is 1. The molecule has 0 bridgehead atoms. The van der Waals surface area contributed by atoms with Crippen molar-refractivity contribution in [1.82, 2.24) is 4.98 Å². The lowest BCUT2D eigenvalue weighted by Crippen LogP contribution is -2.03. The molecule has 0 aliphatic rings. The molecule has 0 aliphatic carbocycles. The summed E-state index contributed by atoms with van der Waals surface area (Å²) in [6, 6.07) is 1.26. The molecule has 0 spiro atoms. The van der Waals surface area contributed by atoms with Crippen LogP contribution in [0.5, 0.6) is 5.88 Å². The number of nitrogens with zero attached hydrogens (tertiary/aromatic N) is 1. The maximum absolute atomic E-state index is 12.8. The van der Waals surface area contributed by atoms with Gasteiger partial charge in [-0.3, -0.25) is 0 Å². The van der Waals surface area contributed by atoms with Crippen molar-refractivity contribution in [2.75, 3.05) is 7.11 Å². The van der Waals surface area contributed by atoms with Crippen LogP contribution in [0.2, 0.25) is 0 Å². The smallest absolute Gasteiger partial charge is 0.222 e. The Balaban J connectivity index is 3.15. The molecule has 1 heterocycles. The molecule has 0 aromatic carbocycles. The van der Waals surface area contributed by atoms with Gasteiger partial charge in [-0.2, -0.15) is 0 Å². The van der Waals surface area contributed by atoms with E-state index in [4.69, 9.17) is 10.1 Å². The number of hydrogen-bond donors (Lipinski definition) is 1. The SMILES string of the molecule is CCC(=N)c1cc(F)cnc1OC. The molecule has 4 heteroatoms. The van der Waals surface area contributed by atoms with Crippen molar-refractivity contribution < 1.29 is 9.13 Å². The van der Waals surface area contributed by atoms with E-state index in [0.717, 1.165) is 6.20 Å². The lowest BCUT2D eigenvalue weighted by molar-refractivity contribution is 0.394. The number of ether oxygens (including phenoxy) is 1. The fraction of sp³-hybridized carbons (Fsp3) is 0.333. The Morgan fingerprint density at radius 2 is 2.38 bits per heavy atom. The Morgan fingerprint density at radius 3 is 2.92 bits per heavy atom. The number of halogens is 1. The van der Waals surface area contributed by atoms with E-state index in [1.807, 2.05) is 6.92 Å². The minimum absolute atomic E-state index is 0.299. The minimum Gasteiger partial charge on any atom is -0.481 e. The second-order valence-electron chi connectivity index (χ2n) is 2.54. The van der Waals surface area contributed by atoms with Crippen LogP contribution in [0.1, 0.15) is 18.9 Å². The van der Waals surface area contributed by atoms with Crippen molar-refractivity contribution in [3.63, 3.8) is 0 Å². The first-order valence-corrected chi connectivity index (χ1v) is 3.96. The van der Waals surface area contributed by atoms with Crippen molar-refractivity contribution in [3.05, 3.63) is 23.6 Å². The van der Waals surface area contributed by atoms with Gasteiger partial charge in [-0.15, -0.1) is 0 Å². The van der Waals surface area contributed by atoms with Crippen molar-refractivity contribution in [2.45, 2.75) is 13.3 Å². The number of pyridine rings is 1. The predicted molar refractivity (Wildman–Crippen MR) is 47.9 cm³/mol. The summed E-state index contributed by atoms with van der Waals surface area (Å²) in [5, 5.41) is 7.53. The van der Waals surface area contributed by atoms with Gasteiger partial charge in [-0.05, 0) is 12.5 Å². The highest BCUT2D eigenvalue weighted by Gasteiger charge is 2.09. The first kappa shape index (κ1) is 9.64. The van der Waals surface area contributed by atoms with E-state index in [1.54, 1.807) is 0 Å². The van der Waals surface area contributed by atoms with Gasteiger partial charge < -0.3 is 10.1 Å². The zero-order valence-electron chi connectivity index (χ0n) is 7.60. The van der Waals surface area contributed by atoms with E-state index in [2.05, 4.69) is 4.98 Å². The molecule has 70 valence electrons. The normalized spacial score (nSPS) is 9.77. The Hall–Kier alpha value is -1.45. The van der Waals surface area contributed by atoms with Crippen LogP contribution in [-0.4, -0.2) is 17.8 Å². The molecule has 0 atom stereocenters. The van der Waals surface area contributed by atoms with Gasteiger partial charge in [0.15, 0.2) is 0 Å². The zero-order chi connectivity index (χ0) is 9.84. The molecule has 0 radical (unpaired) electrons. The highest BCUT2D eigenvalue weighted by atomic mass is 19.1. The standard InChI is InChI=1S/C9H11FN2O/c1-3-8(11)7-4-6(10)5-12-9(7)13-2/h4-5,11H,3H2,1-2H3. The molecule has 0 unspecified atom stereocenters. The predicted octanol–water partition coefficient (Wildman–Crippen LogP) is 2.01. The van der Waals surface area contributed by atoms with E-state index in [0.29, 0.717) is 23.6 Å². The molecule has 1 rings (SSSR count). The molecule has 0 aliphatic heterocycles. The Labute approximate surface area is 76.1 Å². The van der Waals surface area contributed by atoms with Crippen LogP contribution >= 0.6 is 0 Å². The molecule has 0 saturated carbocycles. The van der Waals surface area contributed by atoms with Gasteiger partial charge in [-0.1, -0.05) is 6.92 Å². The van der Waals surface area contributed by atoms with E-state index >= 15 is 0 Å². The van der Waals surface area contributed by atoms with Gasteiger partial charge in [0, 0.05) is 5.71 Å². The number of aromatic nitrogens is 1. The summed E-state index contributed by atoms with van der Waals surface area (Å²) in [4.78, 5) is 3.73. The molecular weight excluding hydrogens is 171 g/mol. The molecule has 3 nitrogen and oxygen atoms in total. The van der Waals surface area contributed by atoms with Crippen LogP contribution in [0.3, 0.4) is 0 Å². The highest BCUT2D eigenvalue weighted by Crippen LogP contribution is 2.17. The van der Waals surface area contributed by atoms with Crippen LogP contribution < -0.4 is 4.74 Å². The third kappa shape index (κ3) is 2.02. The summed E-state index contributed by atoms with van der Waals surface area (Å²) in [7, 11) is 1.45. The topological polar surface area (TPSA) is 46.0 Å². The lowest BCUT2D eigenvalue weighted by Gasteiger charge is -2.06. The van der Waals surface area contributed by atoms with Gasteiger partial charge in [0.1, 0.15) is 5.82 Å². The molecule has 0 fully saturated rings. The first-order valence-electron chi connectivity index (χ1n) is 3.96. The van der Waals surface area contributed by atoms with Gasteiger partial charge in [0.25, 0.3) is 0 Å². The summed E-state index contributed by atoms with van der Waals surface area (Å²) >= 11 is 0. The van der Waals surface area contributed by atoms with Crippen molar-refractivity contribution in [2.24, 2.45) is 0 Å². The zero-order valence-corrected chi connectivity index (χ0v) is 7.60. The Kier molecular flexibility index (Phi) is 2.95. The molecule has 13 heavy (non-hydrogen) atoms. The van der Waals surface area contributed by atoms with Gasteiger partial charge in [-0.25, -0.2) is 9.37 Å². The van der Waals surface area contributed by atoms with Crippen molar-refractivity contribution >= 4 is 5.71 Å². The largest absolute Gasteiger partial charge is 0.481 e. The van der Waals surface area contributed by atoms with E-state index in [1.165, 1.54) is 13.2 Å². The van der Waals surface area contributed by atoms with Gasteiger partial charge in [0.05, 0.1) is 18.9 Å². The summed E-state index contributed by atoms with van der Waals surface area (Å²) in [5.74, 6) is -0.151. The number of hydrogen-bond acceptors (Lipinski definition) is 3. The summed E-state index contributed by atoms with van der Waals surface area (Å²) in [6.45, 7) is 1.83. The average Bonchev–Trinajstić information content (AvgIpc) is 2.16. The average molecular weight is 182 g/mol. The summed E-state index contributed by atoms with van der Waals surface area (Å²) in [6.07, 6.45) is 1.60. The fourth-order valence-corrected chi connectivity index (χ4v) is 0.996. The molecule has 0 saturated heterocycles. The van der Waals surface area contributed by atoms with Crippen LogP contribution in [-0.2, 0) is 0 Å². The third-order valence-electron chi connectivity index (χ3n) is 1.69. The Bertz CT molecular complexity index is 325. The van der Waals surface area contributed by atoms with E-state index in [-0.39, 0.29) is 0 Å².